The first-order chi connectivity index (χ1) is 11.4. The van der Waals surface area contributed by atoms with E-state index in [9.17, 15) is 9.59 Å². The Balaban J connectivity index is 2.02. The van der Waals surface area contributed by atoms with Gasteiger partial charge in [0.2, 0.25) is 0 Å². The summed E-state index contributed by atoms with van der Waals surface area (Å²) in [5.74, 6) is -0.501. The van der Waals surface area contributed by atoms with E-state index in [1.54, 1.807) is 13.0 Å². The zero-order valence-electron chi connectivity index (χ0n) is 14.9. The van der Waals surface area contributed by atoms with Crippen molar-refractivity contribution < 1.29 is 19.0 Å². The van der Waals surface area contributed by atoms with Gasteiger partial charge in [0.15, 0.2) is 5.43 Å². The molecule has 6 heteroatoms. The van der Waals surface area contributed by atoms with E-state index in [-0.39, 0.29) is 30.2 Å². The summed E-state index contributed by atoms with van der Waals surface area (Å²) in [6.45, 7) is 8.12. The van der Waals surface area contributed by atoms with Crippen molar-refractivity contribution in [2.24, 2.45) is 0 Å². The first kappa shape index (κ1) is 18.7. The van der Waals surface area contributed by atoms with Crippen LogP contribution in [0.2, 0.25) is 0 Å². The standard InChI is InChI=1S/C18H27NO5/c1-5-23-17(21)10-22-9-11(2)18-13(4)19-14(8-15(18)20)16-7-6-12(3)24-16/h8,11-12,16H,5-7,9-10H2,1-4H3,(H,19,20). The van der Waals surface area contributed by atoms with E-state index < -0.39 is 5.97 Å². The Morgan fingerprint density at radius 3 is 2.79 bits per heavy atom. The molecule has 24 heavy (non-hydrogen) atoms. The molecule has 1 aliphatic rings. The molecule has 0 aliphatic carbocycles. The molecule has 1 aromatic heterocycles. The molecule has 1 aliphatic heterocycles. The van der Waals surface area contributed by atoms with Gasteiger partial charge in [-0.25, -0.2) is 4.79 Å². The molecular weight excluding hydrogens is 310 g/mol. The molecule has 0 amide bonds. The molecule has 3 unspecified atom stereocenters. The number of ether oxygens (including phenoxy) is 3. The van der Waals surface area contributed by atoms with Gasteiger partial charge >= 0.3 is 5.97 Å². The van der Waals surface area contributed by atoms with Gasteiger partial charge in [-0.15, -0.1) is 0 Å². The van der Waals surface area contributed by atoms with Gasteiger partial charge < -0.3 is 19.2 Å². The average molecular weight is 337 g/mol. The average Bonchev–Trinajstić information content (AvgIpc) is 2.93. The maximum Gasteiger partial charge on any atom is 0.332 e. The molecule has 1 aromatic rings. The quantitative estimate of drug-likeness (QED) is 0.774. The number of aromatic amines is 1. The highest BCUT2D eigenvalue weighted by molar-refractivity contribution is 5.70. The minimum absolute atomic E-state index is 0.0170. The molecule has 0 bridgehead atoms. The largest absolute Gasteiger partial charge is 0.464 e. The Hall–Kier alpha value is -1.66. The maximum atomic E-state index is 12.5. The summed E-state index contributed by atoms with van der Waals surface area (Å²) in [4.78, 5) is 27.1. The zero-order valence-corrected chi connectivity index (χ0v) is 14.9. The van der Waals surface area contributed by atoms with Gasteiger partial charge in [-0.3, -0.25) is 4.79 Å². The third-order valence-corrected chi connectivity index (χ3v) is 4.25. The second-order valence-electron chi connectivity index (χ2n) is 6.36. The van der Waals surface area contributed by atoms with Crippen LogP contribution in [0.1, 0.15) is 62.6 Å². The number of esters is 1. The van der Waals surface area contributed by atoms with E-state index in [1.807, 2.05) is 20.8 Å². The molecule has 1 N–H and O–H groups in total. The lowest BCUT2D eigenvalue weighted by molar-refractivity contribution is -0.148. The van der Waals surface area contributed by atoms with E-state index in [2.05, 4.69) is 4.98 Å². The fourth-order valence-corrected chi connectivity index (χ4v) is 3.15. The maximum absolute atomic E-state index is 12.5. The van der Waals surface area contributed by atoms with Crippen molar-refractivity contribution in [2.45, 2.75) is 58.7 Å². The van der Waals surface area contributed by atoms with Gasteiger partial charge in [-0.05, 0) is 33.6 Å². The van der Waals surface area contributed by atoms with E-state index in [1.165, 1.54) is 0 Å². The number of carbonyl (C=O) groups excluding carboxylic acids is 1. The topological polar surface area (TPSA) is 77.6 Å². The second-order valence-corrected chi connectivity index (χ2v) is 6.36. The van der Waals surface area contributed by atoms with Crippen LogP contribution in [0.4, 0.5) is 0 Å². The number of aryl methyl sites for hydroxylation is 1. The lowest BCUT2D eigenvalue weighted by Crippen LogP contribution is -2.22. The number of nitrogens with one attached hydrogen (secondary N) is 1. The summed E-state index contributed by atoms with van der Waals surface area (Å²) in [7, 11) is 0. The van der Waals surface area contributed by atoms with Gasteiger partial charge in [-0.2, -0.15) is 0 Å². The van der Waals surface area contributed by atoms with Crippen LogP contribution >= 0.6 is 0 Å². The van der Waals surface area contributed by atoms with E-state index >= 15 is 0 Å². The van der Waals surface area contributed by atoms with Gasteiger partial charge in [0.05, 0.1) is 25.4 Å². The van der Waals surface area contributed by atoms with E-state index in [4.69, 9.17) is 14.2 Å². The number of rotatable bonds is 7. The predicted octanol–water partition coefficient (Wildman–Crippen LogP) is 2.61. The van der Waals surface area contributed by atoms with Crippen LogP contribution in [0, 0.1) is 6.92 Å². The molecule has 2 rings (SSSR count). The van der Waals surface area contributed by atoms with Gasteiger partial charge in [0.25, 0.3) is 0 Å². The van der Waals surface area contributed by atoms with Crippen LogP contribution in [-0.2, 0) is 19.0 Å². The third kappa shape index (κ3) is 4.68. The first-order valence-corrected chi connectivity index (χ1v) is 8.54. The minimum atomic E-state index is -0.391. The van der Waals surface area contributed by atoms with Crippen LogP contribution in [0.3, 0.4) is 0 Å². The highest BCUT2D eigenvalue weighted by Gasteiger charge is 2.25. The van der Waals surface area contributed by atoms with Crippen molar-refractivity contribution in [2.75, 3.05) is 19.8 Å². The number of hydrogen-bond donors (Lipinski definition) is 1. The van der Waals surface area contributed by atoms with Crippen LogP contribution in [-0.4, -0.2) is 36.9 Å². The number of aromatic nitrogens is 1. The third-order valence-electron chi connectivity index (χ3n) is 4.25. The fraction of sp³-hybridized carbons (Fsp3) is 0.667. The Morgan fingerprint density at radius 1 is 1.46 bits per heavy atom. The number of pyridine rings is 1. The van der Waals surface area contributed by atoms with Crippen molar-refractivity contribution in [3.05, 3.63) is 33.2 Å². The van der Waals surface area contributed by atoms with Crippen molar-refractivity contribution >= 4 is 5.97 Å². The number of carbonyl (C=O) groups is 1. The Labute approximate surface area is 142 Å². The van der Waals surface area contributed by atoms with Crippen LogP contribution in [0.25, 0.3) is 0 Å². The summed E-state index contributed by atoms with van der Waals surface area (Å²) >= 11 is 0. The van der Waals surface area contributed by atoms with Gasteiger partial charge in [0, 0.05) is 28.9 Å². The van der Waals surface area contributed by atoms with Crippen molar-refractivity contribution in [1.29, 1.82) is 0 Å². The number of hydrogen-bond acceptors (Lipinski definition) is 5. The summed E-state index contributed by atoms with van der Waals surface area (Å²) in [6.07, 6.45) is 2.13. The fourth-order valence-electron chi connectivity index (χ4n) is 3.15. The zero-order chi connectivity index (χ0) is 17.7. The molecule has 1 fully saturated rings. The summed E-state index contributed by atoms with van der Waals surface area (Å²) in [6, 6.07) is 1.63. The van der Waals surface area contributed by atoms with Crippen LogP contribution in [0.15, 0.2) is 10.9 Å². The molecule has 0 spiro atoms. The van der Waals surface area contributed by atoms with Crippen molar-refractivity contribution in [3.8, 4) is 0 Å². The van der Waals surface area contributed by atoms with Gasteiger partial charge in [0.1, 0.15) is 6.61 Å². The highest BCUT2D eigenvalue weighted by Crippen LogP contribution is 2.31. The lowest BCUT2D eigenvalue weighted by Gasteiger charge is -2.17. The monoisotopic (exact) mass is 337 g/mol. The summed E-state index contributed by atoms with van der Waals surface area (Å²) in [5.41, 5.74) is 2.34. The van der Waals surface area contributed by atoms with E-state index in [0.717, 1.165) is 24.2 Å². The predicted molar refractivity (Wildman–Crippen MR) is 90.2 cm³/mol. The smallest absolute Gasteiger partial charge is 0.332 e. The Bertz CT molecular complexity index is 624. The summed E-state index contributed by atoms with van der Waals surface area (Å²) < 4.78 is 16.0. The van der Waals surface area contributed by atoms with E-state index in [0.29, 0.717) is 18.8 Å². The van der Waals surface area contributed by atoms with Crippen LogP contribution in [0.5, 0.6) is 0 Å². The molecule has 2 heterocycles. The molecular formula is C18H27NO5. The molecule has 6 nitrogen and oxygen atoms in total. The van der Waals surface area contributed by atoms with Gasteiger partial charge in [-0.1, -0.05) is 6.92 Å². The molecule has 0 radical (unpaired) electrons. The Morgan fingerprint density at radius 2 is 2.21 bits per heavy atom. The van der Waals surface area contributed by atoms with Crippen LogP contribution < -0.4 is 5.43 Å². The molecule has 1 saturated heterocycles. The molecule has 134 valence electrons. The molecule has 0 saturated carbocycles. The highest BCUT2D eigenvalue weighted by atomic mass is 16.6. The molecule has 3 atom stereocenters. The molecule has 0 aromatic carbocycles. The summed E-state index contributed by atoms with van der Waals surface area (Å²) in [5, 5.41) is 0. The van der Waals surface area contributed by atoms with Crippen molar-refractivity contribution in [1.82, 2.24) is 4.98 Å². The number of H-pyrrole nitrogens is 1. The first-order valence-electron chi connectivity index (χ1n) is 8.54. The SMILES string of the molecule is CCOC(=O)COCC(C)c1c(C)[nH]c(C2CCC(C)O2)cc1=O. The lowest BCUT2D eigenvalue weighted by atomic mass is 9.98. The van der Waals surface area contributed by atoms with Crippen molar-refractivity contribution in [3.63, 3.8) is 0 Å². The Kier molecular flexibility index (Phi) is 6.57. The normalized spacial score (nSPS) is 21.7. The minimum Gasteiger partial charge on any atom is -0.464 e. The second kappa shape index (κ2) is 8.44.